The lowest BCUT2D eigenvalue weighted by atomic mass is 10.2. The summed E-state index contributed by atoms with van der Waals surface area (Å²) in [6.07, 6.45) is 8.46. The fraction of sp³-hybridized carbons (Fsp3) is 0.600. The van der Waals surface area contributed by atoms with Crippen molar-refractivity contribution in [2.75, 3.05) is 0 Å². The first kappa shape index (κ1) is 14.7. The quantitative estimate of drug-likeness (QED) is 0.519. The first-order chi connectivity index (χ1) is 6.59. The Balaban J connectivity index is 0.00000196. The van der Waals surface area contributed by atoms with E-state index in [0.29, 0.717) is 6.42 Å². The van der Waals surface area contributed by atoms with Crippen LogP contribution in [0.15, 0.2) is 18.7 Å². The van der Waals surface area contributed by atoms with E-state index in [2.05, 4.69) is 12.6 Å². The molecule has 3 nitrogen and oxygen atoms in total. The number of carbonyl (C=O) groups is 1. The van der Waals surface area contributed by atoms with Crippen LogP contribution in [0, 0.1) is 0 Å². The largest absolute Gasteiger partial charge is 1.00 e. The Bertz CT molecular complexity index is 314. The van der Waals surface area contributed by atoms with E-state index in [0.717, 1.165) is 12.8 Å². The summed E-state index contributed by atoms with van der Waals surface area (Å²) in [6, 6.07) is 0. The molecule has 1 aromatic heterocycles. The molecule has 15 heavy (non-hydrogen) atoms. The van der Waals surface area contributed by atoms with E-state index in [1.54, 1.807) is 6.92 Å². The zero-order valence-electron chi connectivity index (χ0n) is 9.06. The Hall–Kier alpha value is -0.290. The fourth-order valence-corrected chi connectivity index (χ4v) is 1.65. The van der Waals surface area contributed by atoms with Crippen LogP contribution in [0.3, 0.4) is 0 Å². The van der Waals surface area contributed by atoms with E-state index < -0.39 is 0 Å². The maximum absolute atomic E-state index is 10.7. The van der Waals surface area contributed by atoms with Gasteiger partial charge in [-0.05, 0) is 19.8 Å². The molecule has 0 bridgehead atoms. The average Bonchev–Trinajstić information content (AvgIpc) is 2.51. The number of imidazole rings is 1. The number of Topliss-reactive ketones (excluding diaryl/α,β-unsaturated/α-hetero) is 1. The highest BCUT2D eigenvalue weighted by Crippen LogP contribution is 2.17. The average molecular weight is 293 g/mol. The van der Waals surface area contributed by atoms with Gasteiger partial charge in [0.05, 0.1) is 7.05 Å². The second-order valence-electron chi connectivity index (χ2n) is 3.60. The highest BCUT2D eigenvalue weighted by atomic mass is 79.9. The van der Waals surface area contributed by atoms with Crippen LogP contribution in [0.1, 0.15) is 31.6 Å². The van der Waals surface area contributed by atoms with Gasteiger partial charge in [0, 0.05) is 6.42 Å². The molecule has 0 amide bonds. The Labute approximate surface area is 107 Å². The molecule has 86 valence electrons. The van der Waals surface area contributed by atoms with Gasteiger partial charge in [0.1, 0.15) is 23.6 Å². The molecule has 0 N–H and O–H groups in total. The summed E-state index contributed by atoms with van der Waals surface area (Å²) in [6.45, 7) is 1.63. The van der Waals surface area contributed by atoms with E-state index in [-0.39, 0.29) is 28.1 Å². The third-order valence-electron chi connectivity index (χ3n) is 2.12. The summed E-state index contributed by atoms with van der Waals surface area (Å²) in [7, 11) is 1.98. The zero-order chi connectivity index (χ0) is 10.6. The van der Waals surface area contributed by atoms with E-state index in [1.165, 1.54) is 0 Å². The van der Waals surface area contributed by atoms with Crippen molar-refractivity contribution in [3.63, 3.8) is 0 Å². The van der Waals surface area contributed by atoms with Gasteiger partial charge < -0.3 is 21.8 Å². The number of aryl methyl sites for hydroxylation is 1. The maximum Gasteiger partial charge on any atom is 0.244 e. The van der Waals surface area contributed by atoms with Crippen LogP contribution in [-0.2, 0) is 11.8 Å². The molecule has 1 atom stereocenters. The highest BCUT2D eigenvalue weighted by molar-refractivity contribution is 7.80. The number of rotatable bonds is 5. The van der Waals surface area contributed by atoms with Gasteiger partial charge in [0.2, 0.25) is 6.33 Å². The summed E-state index contributed by atoms with van der Waals surface area (Å²) in [5, 5.41) is 0.176. The van der Waals surface area contributed by atoms with Gasteiger partial charge in [-0.3, -0.25) is 0 Å². The summed E-state index contributed by atoms with van der Waals surface area (Å²) >= 11 is 4.47. The van der Waals surface area contributed by atoms with Crippen LogP contribution < -0.4 is 21.5 Å². The van der Waals surface area contributed by atoms with Crippen LogP contribution in [0.5, 0.6) is 0 Å². The molecule has 1 unspecified atom stereocenters. The topological polar surface area (TPSA) is 25.9 Å². The molecule has 0 radical (unpaired) electrons. The standard InChI is InChI=1S/C10H16N2OS.BrH/c1-9(13)4-3-5-10(14)12-7-6-11(2)8-12;/h6-8,10H,3-5H2,1-2H3;1H. The molecule has 0 aliphatic carbocycles. The van der Waals surface area contributed by atoms with Crippen molar-refractivity contribution >= 4 is 18.4 Å². The van der Waals surface area contributed by atoms with Crippen molar-refractivity contribution in [1.29, 1.82) is 0 Å². The van der Waals surface area contributed by atoms with Crippen LogP contribution in [0.4, 0.5) is 0 Å². The molecule has 0 aromatic carbocycles. The lowest BCUT2D eigenvalue weighted by molar-refractivity contribution is -0.671. The van der Waals surface area contributed by atoms with E-state index in [9.17, 15) is 4.79 Å². The number of hydrogen-bond donors (Lipinski definition) is 1. The Morgan fingerprint density at radius 3 is 2.73 bits per heavy atom. The summed E-state index contributed by atoms with van der Waals surface area (Å²) in [4.78, 5) is 10.7. The predicted octanol–water partition coefficient (Wildman–Crippen LogP) is -1.50. The smallest absolute Gasteiger partial charge is 0.244 e. The van der Waals surface area contributed by atoms with Crippen molar-refractivity contribution in [2.45, 2.75) is 31.6 Å². The molecular formula is C10H17BrN2OS. The van der Waals surface area contributed by atoms with Gasteiger partial charge in [-0.15, -0.1) is 12.6 Å². The van der Waals surface area contributed by atoms with Crippen LogP contribution >= 0.6 is 12.6 Å². The van der Waals surface area contributed by atoms with Crippen molar-refractivity contribution in [3.05, 3.63) is 18.7 Å². The highest BCUT2D eigenvalue weighted by Gasteiger charge is 2.10. The van der Waals surface area contributed by atoms with Crippen LogP contribution in [-0.4, -0.2) is 10.4 Å². The van der Waals surface area contributed by atoms with Gasteiger partial charge in [0.15, 0.2) is 0 Å². The molecule has 0 saturated carbocycles. The Kier molecular flexibility index (Phi) is 6.92. The number of nitrogens with zero attached hydrogens (tertiary/aromatic N) is 2. The molecular weight excluding hydrogens is 276 g/mol. The third kappa shape index (κ3) is 5.37. The van der Waals surface area contributed by atoms with Gasteiger partial charge in [-0.1, -0.05) is 0 Å². The van der Waals surface area contributed by atoms with Crippen molar-refractivity contribution in [3.8, 4) is 0 Å². The lowest BCUT2D eigenvalue weighted by Gasteiger charge is -2.05. The zero-order valence-corrected chi connectivity index (χ0v) is 11.5. The number of aromatic nitrogens is 2. The minimum Gasteiger partial charge on any atom is -1.00 e. The van der Waals surface area contributed by atoms with E-state index >= 15 is 0 Å². The van der Waals surface area contributed by atoms with E-state index in [4.69, 9.17) is 0 Å². The first-order valence-corrected chi connectivity index (χ1v) is 5.31. The number of hydrogen-bond acceptors (Lipinski definition) is 2. The molecule has 0 saturated heterocycles. The Morgan fingerprint density at radius 2 is 2.27 bits per heavy atom. The SMILES string of the molecule is CC(=O)CCCC(S)n1cc[n+](C)c1.[Br-]. The second kappa shape index (κ2) is 7.06. The fourth-order valence-electron chi connectivity index (χ4n) is 1.33. The molecule has 1 aromatic rings. The predicted molar refractivity (Wildman–Crippen MR) is 58.2 cm³/mol. The number of ketones is 1. The molecule has 0 aliphatic rings. The summed E-state index contributed by atoms with van der Waals surface area (Å²) in [5.74, 6) is 0.253. The van der Waals surface area contributed by atoms with Crippen molar-refractivity contribution in [2.24, 2.45) is 7.05 Å². The van der Waals surface area contributed by atoms with Gasteiger partial charge in [-0.25, -0.2) is 9.13 Å². The number of carbonyl (C=O) groups excluding carboxylic acids is 1. The van der Waals surface area contributed by atoms with E-state index in [1.807, 2.05) is 34.9 Å². The molecule has 0 fully saturated rings. The third-order valence-corrected chi connectivity index (χ3v) is 2.65. The van der Waals surface area contributed by atoms with Gasteiger partial charge >= 0.3 is 0 Å². The minimum absolute atomic E-state index is 0. The van der Waals surface area contributed by atoms with Crippen LogP contribution in [0.25, 0.3) is 0 Å². The molecule has 0 aliphatic heterocycles. The lowest BCUT2D eigenvalue weighted by Crippen LogP contribution is -3.00. The first-order valence-electron chi connectivity index (χ1n) is 4.80. The Morgan fingerprint density at radius 1 is 1.60 bits per heavy atom. The summed E-state index contributed by atoms with van der Waals surface area (Å²) < 4.78 is 4.03. The molecule has 1 heterocycles. The summed E-state index contributed by atoms with van der Waals surface area (Å²) in [5.41, 5.74) is 0. The van der Waals surface area contributed by atoms with Crippen LogP contribution in [0.2, 0.25) is 0 Å². The molecule has 5 heteroatoms. The normalized spacial score (nSPS) is 11.9. The van der Waals surface area contributed by atoms with Gasteiger partial charge in [-0.2, -0.15) is 0 Å². The molecule has 0 spiro atoms. The van der Waals surface area contributed by atoms with Crippen molar-refractivity contribution < 1.29 is 26.3 Å². The second-order valence-corrected chi connectivity index (χ2v) is 4.20. The molecule has 1 rings (SSSR count). The minimum atomic E-state index is 0. The van der Waals surface area contributed by atoms with Gasteiger partial charge in [0.25, 0.3) is 0 Å². The number of thiol groups is 1. The monoisotopic (exact) mass is 292 g/mol. The van der Waals surface area contributed by atoms with Crippen molar-refractivity contribution in [1.82, 2.24) is 4.57 Å². The number of halogens is 1. The maximum atomic E-state index is 10.7.